The molecule has 0 aliphatic heterocycles. The highest BCUT2D eigenvalue weighted by molar-refractivity contribution is 7.09. The molecule has 0 fully saturated rings. The van der Waals surface area contributed by atoms with Gasteiger partial charge in [0.05, 0.1) is 5.01 Å². The van der Waals surface area contributed by atoms with Crippen molar-refractivity contribution < 1.29 is 4.42 Å². The van der Waals surface area contributed by atoms with Crippen molar-refractivity contribution in [1.82, 2.24) is 9.97 Å². The Balaban J connectivity index is 2.45. The zero-order valence-electron chi connectivity index (χ0n) is 7.15. The van der Waals surface area contributed by atoms with E-state index >= 15 is 0 Å². The van der Waals surface area contributed by atoms with Gasteiger partial charge in [-0.1, -0.05) is 0 Å². The monoisotopic (exact) mass is 195 g/mol. The molecule has 2 aromatic heterocycles. The van der Waals surface area contributed by atoms with Crippen LogP contribution in [0.15, 0.2) is 16.2 Å². The third-order valence-corrected chi connectivity index (χ3v) is 2.46. The minimum Gasteiger partial charge on any atom is -0.441 e. The van der Waals surface area contributed by atoms with Crippen LogP contribution < -0.4 is 5.73 Å². The van der Waals surface area contributed by atoms with E-state index in [-0.39, 0.29) is 0 Å². The summed E-state index contributed by atoms with van der Waals surface area (Å²) in [5.74, 6) is 0.687. The second kappa shape index (κ2) is 3.27. The van der Waals surface area contributed by atoms with Gasteiger partial charge in [0.1, 0.15) is 11.4 Å². The Labute approximate surface area is 79.4 Å². The molecule has 68 valence electrons. The van der Waals surface area contributed by atoms with Gasteiger partial charge >= 0.3 is 0 Å². The fourth-order valence-electron chi connectivity index (χ4n) is 1.09. The van der Waals surface area contributed by atoms with Gasteiger partial charge in [-0.05, 0) is 6.92 Å². The topological polar surface area (TPSA) is 64.9 Å². The second-order valence-electron chi connectivity index (χ2n) is 2.58. The first-order chi connectivity index (χ1) is 6.31. The first-order valence-electron chi connectivity index (χ1n) is 3.86. The minimum atomic E-state index is 0.377. The summed E-state index contributed by atoms with van der Waals surface area (Å²) < 4.78 is 5.21. The van der Waals surface area contributed by atoms with Gasteiger partial charge in [0.25, 0.3) is 0 Å². The zero-order chi connectivity index (χ0) is 9.26. The van der Waals surface area contributed by atoms with Crippen LogP contribution in [0.25, 0.3) is 11.5 Å². The number of rotatable bonds is 2. The Morgan fingerprint density at radius 2 is 2.46 bits per heavy atom. The molecular weight excluding hydrogens is 186 g/mol. The van der Waals surface area contributed by atoms with Crippen molar-refractivity contribution in [2.75, 3.05) is 0 Å². The van der Waals surface area contributed by atoms with Gasteiger partial charge in [0, 0.05) is 11.9 Å². The summed E-state index contributed by atoms with van der Waals surface area (Å²) >= 11 is 1.58. The number of aryl methyl sites for hydroxylation is 1. The summed E-state index contributed by atoms with van der Waals surface area (Å²) in [4.78, 5) is 8.28. The molecule has 0 spiro atoms. The minimum absolute atomic E-state index is 0.377. The maximum Gasteiger partial charge on any atom is 0.181 e. The van der Waals surface area contributed by atoms with Gasteiger partial charge in [0.15, 0.2) is 12.2 Å². The Morgan fingerprint density at radius 1 is 1.62 bits per heavy atom. The molecule has 13 heavy (non-hydrogen) atoms. The van der Waals surface area contributed by atoms with Gasteiger partial charge in [-0.3, -0.25) is 0 Å². The van der Waals surface area contributed by atoms with Crippen molar-refractivity contribution in [3.05, 3.63) is 22.5 Å². The lowest BCUT2D eigenvalue weighted by atomic mass is 10.3. The number of nitrogens with zero attached hydrogens (tertiary/aromatic N) is 2. The van der Waals surface area contributed by atoms with Gasteiger partial charge in [-0.15, -0.1) is 11.3 Å². The average Bonchev–Trinajstić information content (AvgIpc) is 2.71. The number of nitrogens with two attached hydrogens (primary N) is 1. The van der Waals surface area contributed by atoms with Crippen LogP contribution in [0, 0.1) is 6.92 Å². The summed E-state index contributed by atoms with van der Waals surface area (Å²) in [6.07, 6.45) is 1.40. The van der Waals surface area contributed by atoms with E-state index in [0.717, 1.165) is 16.4 Å². The van der Waals surface area contributed by atoms with E-state index in [9.17, 15) is 0 Å². The van der Waals surface area contributed by atoms with Crippen LogP contribution in [0.1, 0.15) is 10.7 Å². The van der Waals surface area contributed by atoms with Crippen LogP contribution in [0.3, 0.4) is 0 Å². The van der Waals surface area contributed by atoms with Crippen molar-refractivity contribution >= 4 is 11.3 Å². The van der Waals surface area contributed by atoms with E-state index in [0.29, 0.717) is 12.3 Å². The van der Waals surface area contributed by atoms with Crippen LogP contribution in [-0.4, -0.2) is 9.97 Å². The first-order valence-corrected chi connectivity index (χ1v) is 4.74. The molecule has 0 aromatic carbocycles. The molecule has 0 saturated carbocycles. The van der Waals surface area contributed by atoms with Crippen molar-refractivity contribution in [1.29, 1.82) is 0 Å². The summed E-state index contributed by atoms with van der Waals surface area (Å²) in [5.41, 5.74) is 7.07. The van der Waals surface area contributed by atoms with Gasteiger partial charge in [-0.25, -0.2) is 9.97 Å². The van der Waals surface area contributed by atoms with Gasteiger partial charge in [-0.2, -0.15) is 0 Å². The summed E-state index contributed by atoms with van der Waals surface area (Å²) in [6.45, 7) is 2.33. The van der Waals surface area contributed by atoms with Crippen molar-refractivity contribution in [2.24, 2.45) is 5.73 Å². The molecule has 5 heteroatoms. The summed E-state index contributed by atoms with van der Waals surface area (Å²) in [5, 5.41) is 2.95. The Kier molecular flexibility index (Phi) is 2.12. The molecule has 0 saturated heterocycles. The predicted molar refractivity (Wildman–Crippen MR) is 50.2 cm³/mol. The van der Waals surface area contributed by atoms with Gasteiger partial charge < -0.3 is 10.2 Å². The van der Waals surface area contributed by atoms with Crippen LogP contribution >= 0.6 is 11.3 Å². The molecule has 0 unspecified atom stereocenters. The number of thiazole rings is 1. The highest BCUT2D eigenvalue weighted by Gasteiger charge is 2.11. The normalized spacial score (nSPS) is 10.6. The standard InChI is InChI=1S/C8H9N3OS/c1-5-11-7(3-13-5)8-6(2-9)10-4-12-8/h3-4H,2,9H2,1H3. The molecule has 0 bridgehead atoms. The molecule has 0 radical (unpaired) electrons. The SMILES string of the molecule is Cc1nc(-c2ocnc2CN)cs1. The molecule has 2 N–H and O–H groups in total. The molecule has 2 aromatic rings. The van der Waals surface area contributed by atoms with E-state index in [1.54, 1.807) is 11.3 Å². The smallest absolute Gasteiger partial charge is 0.181 e. The molecule has 0 atom stereocenters. The van der Waals surface area contributed by atoms with Crippen LogP contribution in [0.2, 0.25) is 0 Å². The summed E-state index contributed by atoms with van der Waals surface area (Å²) in [7, 11) is 0. The number of hydrogen-bond acceptors (Lipinski definition) is 5. The quantitative estimate of drug-likeness (QED) is 0.789. The lowest BCUT2D eigenvalue weighted by Gasteiger charge is -1.92. The molecule has 0 aliphatic carbocycles. The maximum absolute atomic E-state index is 5.49. The largest absolute Gasteiger partial charge is 0.441 e. The zero-order valence-corrected chi connectivity index (χ0v) is 7.97. The molecule has 0 aliphatic rings. The molecule has 0 amide bonds. The van der Waals surface area contributed by atoms with E-state index in [4.69, 9.17) is 10.2 Å². The Morgan fingerprint density at radius 3 is 3.08 bits per heavy atom. The predicted octanol–water partition coefficient (Wildman–Crippen LogP) is 1.57. The van der Waals surface area contributed by atoms with Crippen molar-refractivity contribution in [3.8, 4) is 11.5 Å². The lowest BCUT2D eigenvalue weighted by Crippen LogP contribution is -1.98. The Hall–Kier alpha value is -1.20. The van der Waals surface area contributed by atoms with Gasteiger partial charge in [0.2, 0.25) is 0 Å². The lowest BCUT2D eigenvalue weighted by molar-refractivity contribution is 0.569. The highest BCUT2D eigenvalue weighted by Crippen LogP contribution is 2.23. The van der Waals surface area contributed by atoms with E-state index in [1.165, 1.54) is 6.39 Å². The highest BCUT2D eigenvalue weighted by atomic mass is 32.1. The molecular formula is C8H9N3OS. The van der Waals surface area contributed by atoms with Crippen LogP contribution in [0.5, 0.6) is 0 Å². The van der Waals surface area contributed by atoms with Crippen LogP contribution in [0.4, 0.5) is 0 Å². The first kappa shape index (κ1) is 8.40. The molecule has 2 heterocycles. The van der Waals surface area contributed by atoms with E-state index in [2.05, 4.69) is 9.97 Å². The third kappa shape index (κ3) is 1.48. The molecule has 2 rings (SSSR count). The fraction of sp³-hybridized carbons (Fsp3) is 0.250. The number of aromatic nitrogens is 2. The number of hydrogen-bond donors (Lipinski definition) is 1. The molecule has 4 nitrogen and oxygen atoms in total. The second-order valence-corrected chi connectivity index (χ2v) is 3.65. The van der Waals surface area contributed by atoms with E-state index in [1.807, 2.05) is 12.3 Å². The van der Waals surface area contributed by atoms with Crippen LogP contribution in [-0.2, 0) is 6.54 Å². The average molecular weight is 195 g/mol. The fourth-order valence-corrected chi connectivity index (χ4v) is 1.68. The number of oxazole rings is 1. The Bertz CT molecular complexity index is 407. The maximum atomic E-state index is 5.49. The van der Waals surface area contributed by atoms with E-state index < -0.39 is 0 Å². The summed E-state index contributed by atoms with van der Waals surface area (Å²) in [6, 6.07) is 0. The van der Waals surface area contributed by atoms with Crippen molar-refractivity contribution in [2.45, 2.75) is 13.5 Å². The van der Waals surface area contributed by atoms with Crippen molar-refractivity contribution in [3.63, 3.8) is 0 Å². The third-order valence-electron chi connectivity index (χ3n) is 1.69.